The molecule has 10 heteroatoms. The van der Waals surface area contributed by atoms with Crippen molar-refractivity contribution in [3.63, 3.8) is 0 Å². The molecule has 29 heavy (non-hydrogen) atoms. The minimum absolute atomic E-state index is 0.0977. The lowest BCUT2D eigenvalue weighted by molar-refractivity contribution is -0.156. The zero-order valence-corrected chi connectivity index (χ0v) is 18.5. The van der Waals surface area contributed by atoms with E-state index in [9.17, 15) is 14.4 Å². The van der Waals surface area contributed by atoms with Crippen LogP contribution in [0, 0.1) is 0 Å². The molecule has 1 rings (SSSR count). The van der Waals surface area contributed by atoms with Gasteiger partial charge in [-0.05, 0) is 40.5 Å². The molecule has 4 amide bonds. The lowest BCUT2D eigenvalue weighted by Crippen LogP contribution is -2.59. The highest BCUT2D eigenvalue weighted by Gasteiger charge is 2.37. The summed E-state index contributed by atoms with van der Waals surface area (Å²) in [5, 5.41) is 1.32. The van der Waals surface area contributed by atoms with Crippen molar-refractivity contribution in [2.24, 2.45) is 0 Å². The molecule has 0 aromatic heterocycles. The van der Waals surface area contributed by atoms with Crippen molar-refractivity contribution >= 4 is 18.0 Å². The lowest BCUT2D eigenvalue weighted by Gasteiger charge is -2.39. The number of carbonyl (C=O) groups excluding carboxylic acids is 3. The third-order valence-corrected chi connectivity index (χ3v) is 4.24. The van der Waals surface area contributed by atoms with Crippen LogP contribution >= 0.6 is 0 Å². The second kappa shape index (κ2) is 11.8. The van der Waals surface area contributed by atoms with Gasteiger partial charge in [-0.25, -0.2) is 20.1 Å². The molecule has 168 valence electrons. The molecule has 0 saturated carbocycles. The van der Waals surface area contributed by atoms with Crippen LogP contribution in [0.3, 0.4) is 0 Å². The predicted octanol–water partition coefficient (Wildman–Crippen LogP) is 2.15. The number of rotatable bonds is 10. The topological polar surface area (TPSA) is 101 Å². The Kier molecular flexibility index (Phi) is 10.2. The largest absolute Gasteiger partial charge is 0.444 e. The van der Waals surface area contributed by atoms with Crippen molar-refractivity contribution in [2.45, 2.75) is 65.5 Å². The van der Waals surface area contributed by atoms with Crippen molar-refractivity contribution in [1.29, 1.82) is 0 Å². The quantitative estimate of drug-likeness (QED) is 0.433. The molecule has 0 aromatic rings. The predicted molar refractivity (Wildman–Crippen MR) is 107 cm³/mol. The van der Waals surface area contributed by atoms with Crippen molar-refractivity contribution < 1.29 is 28.8 Å². The van der Waals surface area contributed by atoms with Crippen LogP contribution in [-0.2, 0) is 19.2 Å². The molecule has 0 spiro atoms. The molecule has 1 atom stereocenters. The molecule has 0 bridgehead atoms. The van der Waals surface area contributed by atoms with E-state index >= 15 is 0 Å². The lowest BCUT2D eigenvalue weighted by atomic mass is 10.1. The van der Waals surface area contributed by atoms with Gasteiger partial charge in [-0.15, -0.1) is 0 Å². The summed E-state index contributed by atoms with van der Waals surface area (Å²) >= 11 is 0. The standard InChI is InChI=1S/C19H36N4O6/c1-7-9-13-28-23-11-10-15(22(8-2)17(23)25)16(24)20-27-14-12-21(6)18(26)29-19(3,4)5/h15H,7-14H2,1-6H3,(H,20,24)/t15-/m0/s1. The van der Waals surface area contributed by atoms with E-state index in [0.717, 1.165) is 12.8 Å². The van der Waals surface area contributed by atoms with Crippen molar-refractivity contribution in [3.05, 3.63) is 0 Å². The second-order valence-electron chi connectivity index (χ2n) is 7.88. The molecular weight excluding hydrogens is 380 g/mol. The first-order valence-corrected chi connectivity index (χ1v) is 10.2. The molecule has 0 aliphatic carbocycles. The maximum Gasteiger partial charge on any atom is 0.410 e. The maximum atomic E-state index is 12.5. The van der Waals surface area contributed by atoms with Gasteiger partial charge in [0.2, 0.25) is 0 Å². The summed E-state index contributed by atoms with van der Waals surface area (Å²) in [7, 11) is 1.59. The van der Waals surface area contributed by atoms with Crippen LogP contribution < -0.4 is 5.48 Å². The summed E-state index contributed by atoms with van der Waals surface area (Å²) in [6.45, 7) is 10.8. The van der Waals surface area contributed by atoms with E-state index in [-0.39, 0.29) is 19.2 Å². The first-order chi connectivity index (χ1) is 13.6. The van der Waals surface area contributed by atoms with Crippen LogP contribution in [0.1, 0.15) is 53.9 Å². The van der Waals surface area contributed by atoms with Gasteiger partial charge in [-0.1, -0.05) is 13.3 Å². The van der Waals surface area contributed by atoms with Crippen LogP contribution in [0.4, 0.5) is 9.59 Å². The number of nitrogens with one attached hydrogen (secondary N) is 1. The summed E-state index contributed by atoms with van der Waals surface area (Å²) in [5.74, 6) is -0.395. The van der Waals surface area contributed by atoms with Gasteiger partial charge in [0, 0.05) is 20.1 Å². The molecule has 1 saturated heterocycles. The summed E-state index contributed by atoms with van der Waals surface area (Å²) in [6, 6.07) is -0.943. The Morgan fingerprint density at radius 2 is 1.93 bits per heavy atom. The first-order valence-electron chi connectivity index (χ1n) is 10.2. The zero-order valence-electron chi connectivity index (χ0n) is 18.5. The van der Waals surface area contributed by atoms with Gasteiger partial charge in [0.25, 0.3) is 5.91 Å². The number of carbonyl (C=O) groups is 3. The van der Waals surface area contributed by atoms with Gasteiger partial charge < -0.3 is 14.5 Å². The Balaban J connectivity index is 2.42. The highest BCUT2D eigenvalue weighted by atomic mass is 16.7. The highest BCUT2D eigenvalue weighted by molar-refractivity contribution is 5.87. The fourth-order valence-electron chi connectivity index (χ4n) is 2.64. The summed E-state index contributed by atoms with van der Waals surface area (Å²) in [5.41, 5.74) is 1.80. The molecule has 1 N–H and O–H groups in total. The summed E-state index contributed by atoms with van der Waals surface area (Å²) in [4.78, 5) is 50.4. The monoisotopic (exact) mass is 416 g/mol. The molecule has 1 aliphatic rings. The van der Waals surface area contributed by atoms with Crippen LogP contribution in [0.5, 0.6) is 0 Å². The molecule has 10 nitrogen and oxygen atoms in total. The number of unbranched alkanes of at least 4 members (excludes halogenated alkanes) is 1. The van der Waals surface area contributed by atoms with E-state index in [4.69, 9.17) is 14.4 Å². The fraction of sp³-hybridized carbons (Fsp3) is 0.842. The second-order valence-corrected chi connectivity index (χ2v) is 7.88. The molecule has 0 unspecified atom stereocenters. The average molecular weight is 417 g/mol. The SMILES string of the molecule is CCCCON1CC[C@@H](C(=O)NOCCN(C)C(=O)OC(C)(C)C)N(CC)C1=O. The average Bonchev–Trinajstić information content (AvgIpc) is 2.64. The fourth-order valence-corrected chi connectivity index (χ4v) is 2.64. The van der Waals surface area contributed by atoms with E-state index < -0.39 is 23.6 Å². The van der Waals surface area contributed by atoms with Crippen LogP contribution in [0.15, 0.2) is 0 Å². The zero-order chi connectivity index (χ0) is 22.0. The number of hydrogen-bond acceptors (Lipinski definition) is 6. The number of likely N-dealkylation sites (N-methyl/N-ethyl adjacent to an activating group) is 2. The Labute approximate surface area is 173 Å². The molecule has 0 aromatic carbocycles. The van der Waals surface area contributed by atoms with E-state index in [1.165, 1.54) is 14.9 Å². The van der Waals surface area contributed by atoms with Gasteiger partial charge in [-0.3, -0.25) is 14.5 Å². The van der Waals surface area contributed by atoms with Gasteiger partial charge in [0.15, 0.2) is 0 Å². The Morgan fingerprint density at radius 3 is 2.52 bits per heavy atom. The number of nitrogens with zero attached hydrogens (tertiary/aromatic N) is 3. The minimum Gasteiger partial charge on any atom is -0.444 e. The number of hydrogen-bond donors (Lipinski definition) is 1. The Hall–Kier alpha value is -2.07. The number of urea groups is 1. The third kappa shape index (κ3) is 8.45. The van der Waals surface area contributed by atoms with E-state index in [0.29, 0.717) is 26.1 Å². The van der Waals surface area contributed by atoms with Crippen LogP contribution in [0.2, 0.25) is 0 Å². The molecule has 1 fully saturated rings. The first kappa shape index (κ1) is 25.0. The third-order valence-electron chi connectivity index (χ3n) is 4.24. The molecule has 1 heterocycles. The number of ether oxygens (including phenoxy) is 1. The van der Waals surface area contributed by atoms with Crippen LogP contribution in [-0.4, -0.2) is 84.4 Å². The minimum atomic E-state index is -0.623. The van der Waals surface area contributed by atoms with E-state index in [2.05, 4.69) is 5.48 Å². The molecule has 1 aliphatic heterocycles. The highest BCUT2D eigenvalue weighted by Crippen LogP contribution is 2.17. The van der Waals surface area contributed by atoms with Crippen molar-refractivity contribution in [3.8, 4) is 0 Å². The number of hydroxylamine groups is 3. The molecule has 0 radical (unpaired) electrons. The Bertz CT molecular complexity index is 551. The summed E-state index contributed by atoms with van der Waals surface area (Å²) in [6.07, 6.45) is 1.82. The van der Waals surface area contributed by atoms with E-state index in [1.54, 1.807) is 27.8 Å². The van der Waals surface area contributed by atoms with Crippen molar-refractivity contribution in [2.75, 3.05) is 39.9 Å². The normalized spacial score (nSPS) is 17.3. The van der Waals surface area contributed by atoms with Crippen molar-refractivity contribution in [1.82, 2.24) is 20.3 Å². The van der Waals surface area contributed by atoms with Gasteiger partial charge in [-0.2, -0.15) is 0 Å². The smallest absolute Gasteiger partial charge is 0.410 e. The van der Waals surface area contributed by atoms with Gasteiger partial charge in [0.05, 0.1) is 19.8 Å². The number of amides is 4. The van der Waals surface area contributed by atoms with E-state index in [1.807, 2.05) is 13.8 Å². The molecular formula is C19H36N4O6. The van der Waals surface area contributed by atoms with Crippen LogP contribution in [0.25, 0.3) is 0 Å². The Morgan fingerprint density at radius 1 is 1.24 bits per heavy atom. The summed E-state index contributed by atoms with van der Waals surface area (Å²) < 4.78 is 5.24. The van der Waals surface area contributed by atoms with Gasteiger partial charge in [0.1, 0.15) is 11.6 Å². The van der Waals surface area contributed by atoms with Gasteiger partial charge >= 0.3 is 12.1 Å². The maximum absolute atomic E-state index is 12.5.